The topological polar surface area (TPSA) is 346 Å². The van der Waals surface area contributed by atoms with E-state index in [-0.39, 0.29) is 18.9 Å². The number of amides is 10. The maximum atomic E-state index is 9.00. The van der Waals surface area contributed by atoms with Gasteiger partial charge in [0.05, 0.1) is 0 Å². The molecule has 0 aliphatic heterocycles. The molecule has 20 N–H and O–H groups in total. The summed E-state index contributed by atoms with van der Waals surface area (Å²) in [5.74, 6) is 0. The SMILES string of the molecule is NC(N)=O.NC(N)=O.NC(N)=O.NC(N)=O.NC(N)=O.[LiH]. The van der Waals surface area contributed by atoms with E-state index in [4.69, 9.17) is 24.0 Å². The van der Waals surface area contributed by atoms with Crippen LogP contribution in [0.25, 0.3) is 0 Å². The fourth-order valence-corrected chi connectivity index (χ4v) is 0. The molecule has 0 fully saturated rings. The molecule has 0 aliphatic rings. The zero-order valence-corrected chi connectivity index (χ0v) is 10.3. The van der Waals surface area contributed by atoms with Crippen LogP contribution in [0.1, 0.15) is 0 Å². The van der Waals surface area contributed by atoms with Crippen LogP contribution in [0.5, 0.6) is 0 Å². The van der Waals surface area contributed by atoms with Crippen molar-refractivity contribution >= 4 is 49.0 Å². The van der Waals surface area contributed by atoms with E-state index in [0.717, 1.165) is 0 Å². The third kappa shape index (κ3) is 406. The Morgan fingerprint density at radius 2 is 0.333 bits per heavy atom. The van der Waals surface area contributed by atoms with Gasteiger partial charge in [0.2, 0.25) is 0 Å². The van der Waals surface area contributed by atoms with Crippen molar-refractivity contribution in [3.8, 4) is 0 Å². The van der Waals surface area contributed by atoms with E-state index in [0.29, 0.717) is 0 Å². The molecule has 0 saturated heterocycles. The van der Waals surface area contributed by atoms with Gasteiger partial charge in [0.15, 0.2) is 0 Å². The minimum atomic E-state index is -0.833. The van der Waals surface area contributed by atoms with Crippen molar-refractivity contribution in [3.63, 3.8) is 0 Å². The molecule has 0 atom stereocenters. The molecule has 15 nitrogen and oxygen atoms in total. The van der Waals surface area contributed by atoms with Crippen LogP contribution in [0.4, 0.5) is 24.0 Å². The van der Waals surface area contributed by atoms with Gasteiger partial charge in [-0.05, 0) is 0 Å². The van der Waals surface area contributed by atoms with E-state index < -0.39 is 30.2 Å². The standard InChI is InChI=1S/5CH4N2O.Li.H/c5*2-1(3)4;;/h5*(H4,2,3,4);;. The van der Waals surface area contributed by atoms with Crippen LogP contribution in [0.2, 0.25) is 0 Å². The van der Waals surface area contributed by atoms with Gasteiger partial charge in [0, 0.05) is 0 Å². The normalized spacial score (nSPS) is 5.71. The van der Waals surface area contributed by atoms with Crippen LogP contribution in [0.15, 0.2) is 0 Å². The summed E-state index contributed by atoms with van der Waals surface area (Å²) in [5.41, 5.74) is 42.5. The number of hydrogen-bond donors (Lipinski definition) is 10. The second kappa shape index (κ2) is 30.2. The van der Waals surface area contributed by atoms with Gasteiger partial charge in [-0.2, -0.15) is 0 Å². The number of carbonyl (C=O) groups is 5. The summed E-state index contributed by atoms with van der Waals surface area (Å²) in [6.07, 6.45) is 0. The van der Waals surface area contributed by atoms with Crippen molar-refractivity contribution < 1.29 is 24.0 Å². The molecule has 0 spiro atoms. The first kappa shape index (κ1) is 36.1. The molecule has 0 aliphatic carbocycles. The molecular weight excluding hydrogens is 287 g/mol. The molecule has 122 valence electrons. The summed E-state index contributed by atoms with van der Waals surface area (Å²) in [6.45, 7) is 0. The van der Waals surface area contributed by atoms with Crippen LogP contribution in [0.3, 0.4) is 0 Å². The molecule has 0 heterocycles. The summed E-state index contributed by atoms with van der Waals surface area (Å²) < 4.78 is 0. The fraction of sp³-hybridized carbons (Fsp3) is 0. The number of carbonyl (C=O) groups excluding carboxylic acids is 5. The molecule has 10 amide bonds. The molecule has 0 aromatic rings. The molecule has 0 saturated carbocycles. The Balaban J connectivity index is -0.0000000331. The van der Waals surface area contributed by atoms with E-state index in [9.17, 15) is 0 Å². The van der Waals surface area contributed by atoms with Crippen LogP contribution in [-0.4, -0.2) is 49.0 Å². The van der Waals surface area contributed by atoms with E-state index >= 15 is 0 Å². The molecular formula is C5H21LiN10O5. The zero-order valence-electron chi connectivity index (χ0n) is 10.3. The molecule has 0 radical (unpaired) electrons. The summed E-state index contributed by atoms with van der Waals surface area (Å²) >= 11 is 0. The molecule has 0 rings (SSSR count). The predicted molar refractivity (Wildman–Crippen MR) is 76.0 cm³/mol. The number of urea groups is 5. The number of hydrogen-bond acceptors (Lipinski definition) is 5. The zero-order chi connectivity index (χ0) is 17.9. The van der Waals surface area contributed by atoms with Crippen LogP contribution in [-0.2, 0) is 0 Å². The first-order chi connectivity index (χ1) is 8.66. The molecule has 0 aromatic carbocycles. The van der Waals surface area contributed by atoms with Gasteiger partial charge in [0.25, 0.3) is 0 Å². The molecule has 21 heavy (non-hydrogen) atoms. The second-order valence-corrected chi connectivity index (χ2v) is 2.01. The average molecular weight is 308 g/mol. The van der Waals surface area contributed by atoms with Gasteiger partial charge in [-0.25, -0.2) is 24.0 Å². The number of nitrogens with two attached hydrogens (primary N) is 10. The van der Waals surface area contributed by atoms with Gasteiger partial charge in [0.1, 0.15) is 0 Å². The molecule has 0 bridgehead atoms. The predicted octanol–water partition coefficient (Wildman–Crippen LogP) is -5.53. The van der Waals surface area contributed by atoms with E-state index in [1.165, 1.54) is 0 Å². The summed E-state index contributed by atoms with van der Waals surface area (Å²) in [5, 5.41) is 0. The Kier molecular flexibility index (Phi) is 51.9. The van der Waals surface area contributed by atoms with E-state index in [1.807, 2.05) is 0 Å². The quantitative estimate of drug-likeness (QED) is 0.195. The first-order valence-electron chi connectivity index (χ1n) is 3.91. The maximum absolute atomic E-state index is 9.00. The molecule has 16 heteroatoms. The Labute approximate surface area is 131 Å². The van der Waals surface area contributed by atoms with Crippen molar-refractivity contribution in [1.29, 1.82) is 0 Å². The van der Waals surface area contributed by atoms with Crippen molar-refractivity contribution in [1.82, 2.24) is 0 Å². The summed E-state index contributed by atoms with van der Waals surface area (Å²) in [6, 6.07) is -4.17. The van der Waals surface area contributed by atoms with Gasteiger partial charge in [-0.15, -0.1) is 0 Å². The fourth-order valence-electron chi connectivity index (χ4n) is 0. The van der Waals surface area contributed by atoms with Gasteiger partial charge < -0.3 is 57.3 Å². The van der Waals surface area contributed by atoms with Gasteiger partial charge >= 0.3 is 49.0 Å². The third-order valence-electron chi connectivity index (χ3n) is 0. The van der Waals surface area contributed by atoms with Crippen molar-refractivity contribution in [2.45, 2.75) is 0 Å². The van der Waals surface area contributed by atoms with Crippen LogP contribution < -0.4 is 57.3 Å². The number of primary amides is 10. The van der Waals surface area contributed by atoms with Crippen LogP contribution in [0, 0.1) is 0 Å². The van der Waals surface area contributed by atoms with E-state index in [1.54, 1.807) is 0 Å². The third-order valence-corrected chi connectivity index (χ3v) is 0. The minimum absolute atomic E-state index is 0. The molecule has 0 aromatic heterocycles. The van der Waals surface area contributed by atoms with E-state index in [2.05, 4.69) is 57.3 Å². The van der Waals surface area contributed by atoms with Gasteiger partial charge in [-0.1, -0.05) is 0 Å². The second-order valence-electron chi connectivity index (χ2n) is 2.01. The Bertz CT molecular complexity index is 221. The van der Waals surface area contributed by atoms with Crippen molar-refractivity contribution in [2.24, 2.45) is 57.3 Å². The first-order valence-corrected chi connectivity index (χ1v) is 3.91. The monoisotopic (exact) mass is 308 g/mol. The average Bonchev–Trinajstić information content (AvgIpc) is 1.94. The summed E-state index contributed by atoms with van der Waals surface area (Å²) in [7, 11) is 0. The Morgan fingerprint density at radius 1 is 0.333 bits per heavy atom. The Morgan fingerprint density at radius 3 is 0.333 bits per heavy atom. The van der Waals surface area contributed by atoms with Gasteiger partial charge in [-0.3, -0.25) is 0 Å². The summed E-state index contributed by atoms with van der Waals surface area (Å²) in [4.78, 5) is 45.0. The van der Waals surface area contributed by atoms with Crippen molar-refractivity contribution in [3.05, 3.63) is 0 Å². The Hall–Kier alpha value is -3.05. The number of rotatable bonds is 0. The van der Waals surface area contributed by atoms with Crippen molar-refractivity contribution in [2.75, 3.05) is 0 Å². The van der Waals surface area contributed by atoms with Crippen LogP contribution >= 0.6 is 0 Å². The molecule has 0 unspecified atom stereocenters.